The fourth-order valence-corrected chi connectivity index (χ4v) is 6.40. The van der Waals surface area contributed by atoms with Crippen LogP contribution < -0.4 is 4.90 Å². The van der Waals surface area contributed by atoms with Crippen molar-refractivity contribution in [1.82, 2.24) is 4.31 Å². The number of hydrogen-bond donors (Lipinski definition) is 0. The van der Waals surface area contributed by atoms with Gasteiger partial charge in [-0.3, -0.25) is 4.79 Å². The Morgan fingerprint density at radius 1 is 1.04 bits per heavy atom. The van der Waals surface area contributed by atoms with E-state index in [2.05, 4.69) is 6.92 Å². The minimum absolute atomic E-state index is 0.152. The van der Waals surface area contributed by atoms with Crippen LogP contribution in [0.4, 0.5) is 5.69 Å². The molecule has 2 aliphatic heterocycles. The molecule has 1 saturated heterocycles. The van der Waals surface area contributed by atoms with Gasteiger partial charge < -0.3 is 4.90 Å². The zero-order chi connectivity index (χ0) is 19.7. The number of fused-ring (bicyclic) bond motifs is 1. The molecule has 148 valence electrons. The van der Waals surface area contributed by atoms with Crippen molar-refractivity contribution in [3.8, 4) is 0 Å². The van der Waals surface area contributed by atoms with Crippen molar-refractivity contribution in [3.05, 3.63) is 54.1 Å². The lowest BCUT2D eigenvalue weighted by atomic mass is 10.1. The monoisotopic (exact) mass is 416 g/mol. The third kappa shape index (κ3) is 3.71. The fraction of sp³-hybridized carbons (Fsp3) is 0.381. The van der Waals surface area contributed by atoms with Gasteiger partial charge in [-0.25, -0.2) is 8.42 Å². The second-order valence-corrected chi connectivity index (χ2v) is 10.7. The second kappa shape index (κ2) is 7.89. The van der Waals surface area contributed by atoms with Gasteiger partial charge in [0.2, 0.25) is 10.0 Å². The lowest BCUT2D eigenvalue weighted by molar-refractivity contribution is 0.0986. The first-order valence-corrected chi connectivity index (χ1v) is 12.0. The number of carbonyl (C=O) groups excluding carboxylic acids is 1. The number of para-hydroxylation sites is 1. The number of thioether (sulfide) groups is 1. The molecule has 4 rings (SSSR count). The molecule has 2 heterocycles. The molecular formula is C21H24N2O3S2. The summed E-state index contributed by atoms with van der Waals surface area (Å²) in [6, 6.07) is 14.4. The zero-order valence-corrected chi connectivity index (χ0v) is 17.5. The minimum atomic E-state index is -3.54. The van der Waals surface area contributed by atoms with Gasteiger partial charge in [-0.05, 0) is 49.6 Å². The van der Waals surface area contributed by atoms with E-state index in [4.69, 9.17) is 0 Å². The second-order valence-electron chi connectivity index (χ2n) is 7.28. The van der Waals surface area contributed by atoms with Crippen LogP contribution in [0, 0.1) is 0 Å². The number of hydrogen-bond acceptors (Lipinski definition) is 4. The quantitative estimate of drug-likeness (QED) is 0.759. The number of rotatable bonds is 3. The van der Waals surface area contributed by atoms with Crippen molar-refractivity contribution in [2.24, 2.45) is 0 Å². The Hall–Kier alpha value is -1.83. The number of anilines is 1. The largest absolute Gasteiger partial charge is 0.307 e. The molecule has 7 heteroatoms. The van der Waals surface area contributed by atoms with Crippen LogP contribution in [0.2, 0.25) is 0 Å². The predicted molar refractivity (Wildman–Crippen MR) is 112 cm³/mol. The van der Waals surface area contributed by atoms with E-state index < -0.39 is 10.0 Å². The molecule has 5 nitrogen and oxygen atoms in total. The molecule has 2 aromatic carbocycles. The van der Waals surface area contributed by atoms with Crippen molar-refractivity contribution < 1.29 is 13.2 Å². The van der Waals surface area contributed by atoms with E-state index in [1.807, 2.05) is 24.3 Å². The topological polar surface area (TPSA) is 57.7 Å². The normalized spacial score (nSPS) is 20.6. The van der Waals surface area contributed by atoms with Crippen LogP contribution in [0.25, 0.3) is 0 Å². The van der Waals surface area contributed by atoms with E-state index in [9.17, 15) is 13.2 Å². The molecular weight excluding hydrogens is 392 g/mol. The fourth-order valence-electron chi connectivity index (χ4n) is 3.72. The van der Waals surface area contributed by atoms with Gasteiger partial charge in [-0.2, -0.15) is 4.31 Å². The van der Waals surface area contributed by atoms with Crippen LogP contribution >= 0.6 is 11.8 Å². The highest BCUT2D eigenvalue weighted by Crippen LogP contribution is 2.38. The first-order valence-electron chi connectivity index (χ1n) is 9.64. The molecule has 0 radical (unpaired) electrons. The first kappa shape index (κ1) is 19.5. The van der Waals surface area contributed by atoms with Gasteiger partial charge in [0.25, 0.3) is 5.91 Å². The molecule has 1 atom stereocenters. The van der Waals surface area contributed by atoms with E-state index in [1.54, 1.807) is 34.9 Å². The first-order chi connectivity index (χ1) is 13.5. The maximum absolute atomic E-state index is 13.3. The van der Waals surface area contributed by atoms with Crippen LogP contribution in [0.15, 0.2) is 58.3 Å². The molecule has 0 N–H and O–H groups in total. The highest BCUT2D eigenvalue weighted by Gasteiger charge is 2.29. The molecule has 0 unspecified atom stereocenters. The van der Waals surface area contributed by atoms with E-state index >= 15 is 0 Å². The van der Waals surface area contributed by atoms with Gasteiger partial charge >= 0.3 is 0 Å². The Kier molecular flexibility index (Phi) is 5.49. The van der Waals surface area contributed by atoms with Crippen molar-refractivity contribution in [2.75, 3.05) is 24.5 Å². The maximum atomic E-state index is 13.3. The Balaban J connectivity index is 1.67. The summed E-state index contributed by atoms with van der Waals surface area (Å²) >= 11 is 1.78. The highest BCUT2D eigenvalue weighted by atomic mass is 32.2. The molecule has 0 spiro atoms. The lowest BCUT2D eigenvalue weighted by Gasteiger charge is -2.23. The minimum Gasteiger partial charge on any atom is -0.307 e. The third-order valence-corrected chi connectivity index (χ3v) is 8.40. The number of amides is 1. The molecule has 0 aliphatic carbocycles. The van der Waals surface area contributed by atoms with Crippen LogP contribution in [0.3, 0.4) is 0 Å². The van der Waals surface area contributed by atoms with Gasteiger partial charge in [0.05, 0.1) is 10.6 Å². The summed E-state index contributed by atoms with van der Waals surface area (Å²) in [4.78, 5) is 16.4. The van der Waals surface area contributed by atoms with E-state index in [-0.39, 0.29) is 10.8 Å². The van der Waals surface area contributed by atoms with Crippen LogP contribution in [-0.2, 0) is 10.0 Å². The molecule has 0 saturated carbocycles. The average Bonchev–Trinajstić information content (AvgIpc) is 3.19. The maximum Gasteiger partial charge on any atom is 0.258 e. The average molecular weight is 417 g/mol. The number of nitrogens with zero attached hydrogens (tertiary/aromatic N) is 2. The third-order valence-electron chi connectivity index (χ3n) is 5.27. The van der Waals surface area contributed by atoms with Gasteiger partial charge in [0.15, 0.2) is 0 Å². The molecule has 2 aliphatic rings. The smallest absolute Gasteiger partial charge is 0.258 e. The summed E-state index contributed by atoms with van der Waals surface area (Å²) in [6.45, 7) is 3.88. The summed E-state index contributed by atoms with van der Waals surface area (Å²) in [7, 11) is -3.54. The Morgan fingerprint density at radius 3 is 2.57 bits per heavy atom. The number of carbonyl (C=O) groups is 1. The van der Waals surface area contributed by atoms with Crippen LogP contribution in [-0.4, -0.2) is 43.5 Å². The van der Waals surface area contributed by atoms with E-state index in [1.165, 1.54) is 10.4 Å². The van der Waals surface area contributed by atoms with Crippen LogP contribution in [0.5, 0.6) is 0 Å². The lowest BCUT2D eigenvalue weighted by Crippen LogP contribution is -2.32. The zero-order valence-electron chi connectivity index (χ0n) is 15.9. The molecule has 2 aromatic rings. The SMILES string of the molecule is C[C@@H]1CCN(C(=O)c2cccc(S(=O)(=O)N3CCCC3)c2)c2ccccc2S1. The summed E-state index contributed by atoms with van der Waals surface area (Å²) in [5, 5.41) is 0.417. The summed E-state index contributed by atoms with van der Waals surface area (Å²) in [6.07, 6.45) is 2.66. The van der Waals surface area contributed by atoms with Gasteiger partial charge in [-0.15, -0.1) is 11.8 Å². The van der Waals surface area contributed by atoms with Crippen molar-refractivity contribution >= 4 is 33.4 Å². The molecule has 1 amide bonds. The van der Waals surface area contributed by atoms with Gasteiger partial charge in [-0.1, -0.05) is 25.1 Å². The molecule has 0 bridgehead atoms. The van der Waals surface area contributed by atoms with Crippen molar-refractivity contribution in [2.45, 2.75) is 41.2 Å². The van der Waals surface area contributed by atoms with Crippen molar-refractivity contribution in [3.63, 3.8) is 0 Å². The van der Waals surface area contributed by atoms with Crippen LogP contribution in [0.1, 0.15) is 36.5 Å². The highest BCUT2D eigenvalue weighted by molar-refractivity contribution is 8.00. The Bertz CT molecular complexity index is 985. The van der Waals surface area contributed by atoms with Crippen molar-refractivity contribution in [1.29, 1.82) is 0 Å². The van der Waals surface area contributed by atoms with E-state index in [0.29, 0.717) is 30.4 Å². The Morgan fingerprint density at radius 2 is 1.79 bits per heavy atom. The summed E-state index contributed by atoms with van der Waals surface area (Å²) in [5.41, 5.74) is 1.31. The Labute approximate surface area is 170 Å². The molecule has 28 heavy (non-hydrogen) atoms. The van der Waals surface area contributed by atoms with E-state index in [0.717, 1.165) is 29.8 Å². The van der Waals surface area contributed by atoms with Gasteiger partial charge in [0, 0.05) is 35.3 Å². The standard InChI is InChI=1S/C21H24N2O3S2/c1-16-11-14-23(19-9-2-3-10-20(19)27-16)21(24)17-7-6-8-18(15-17)28(25,26)22-12-4-5-13-22/h2-3,6-10,15-16H,4-5,11-14H2,1H3/t16-/m1/s1. The number of sulfonamides is 1. The summed E-state index contributed by atoms with van der Waals surface area (Å²) in [5.74, 6) is -0.152. The number of benzene rings is 2. The molecule has 0 aromatic heterocycles. The molecule has 1 fully saturated rings. The predicted octanol–water partition coefficient (Wildman–Crippen LogP) is 4.00. The summed E-state index contributed by atoms with van der Waals surface area (Å²) < 4.78 is 27.3. The van der Waals surface area contributed by atoms with Gasteiger partial charge in [0.1, 0.15) is 0 Å².